The number of halogens is 2. The Morgan fingerprint density at radius 2 is 1.85 bits per heavy atom. The normalized spacial score (nSPS) is 12.0. The fraction of sp³-hybridized carbons (Fsp3) is 0.150. The lowest BCUT2D eigenvalue weighted by molar-refractivity contribution is -0.0498. The maximum Gasteiger partial charge on any atom is 0.387 e. The molecule has 0 radical (unpaired) electrons. The van der Waals surface area contributed by atoms with Gasteiger partial charge in [-0.05, 0) is 42.1 Å². The number of carbonyl (C=O) groups is 1. The first-order chi connectivity index (χ1) is 12.5. The van der Waals surface area contributed by atoms with Crippen molar-refractivity contribution >= 4 is 17.2 Å². The van der Waals surface area contributed by atoms with Gasteiger partial charge in [0, 0.05) is 10.4 Å². The van der Waals surface area contributed by atoms with Crippen LogP contribution in [0.2, 0.25) is 0 Å². The molecule has 0 aliphatic heterocycles. The number of rotatable bonds is 6. The smallest absolute Gasteiger partial charge is 0.387 e. The molecule has 0 saturated heterocycles. The molecule has 0 aliphatic rings. The Bertz CT molecular complexity index is 864. The molecule has 0 bridgehead atoms. The molecule has 26 heavy (non-hydrogen) atoms. The van der Waals surface area contributed by atoms with Crippen LogP contribution in [0.1, 0.15) is 32.4 Å². The van der Waals surface area contributed by atoms with Gasteiger partial charge in [0.15, 0.2) is 0 Å². The largest absolute Gasteiger partial charge is 0.435 e. The van der Waals surface area contributed by atoms with Gasteiger partial charge in [-0.2, -0.15) is 8.78 Å². The molecule has 1 atom stereocenters. The van der Waals surface area contributed by atoms with Crippen LogP contribution in [0.5, 0.6) is 5.75 Å². The number of hydrogen-bond acceptors (Lipinski definition) is 3. The minimum absolute atomic E-state index is 0.0457. The molecule has 1 heterocycles. The highest BCUT2D eigenvalue weighted by Gasteiger charge is 2.19. The van der Waals surface area contributed by atoms with Crippen LogP contribution < -0.4 is 10.1 Å². The van der Waals surface area contributed by atoms with E-state index in [9.17, 15) is 13.6 Å². The monoisotopic (exact) mass is 373 g/mol. The predicted octanol–water partition coefficient (Wildman–Crippen LogP) is 5.18. The lowest BCUT2D eigenvalue weighted by atomic mass is 10.0. The molecule has 6 heteroatoms. The van der Waals surface area contributed by atoms with Gasteiger partial charge < -0.3 is 10.1 Å². The summed E-state index contributed by atoms with van der Waals surface area (Å²) in [5.74, 6) is -0.403. The summed E-state index contributed by atoms with van der Waals surface area (Å²) in [4.78, 5) is 13.7. The van der Waals surface area contributed by atoms with E-state index in [2.05, 4.69) is 10.1 Å². The van der Waals surface area contributed by atoms with Crippen LogP contribution in [0.15, 0.2) is 66.0 Å². The Morgan fingerprint density at radius 1 is 1.08 bits per heavy atom. The highest BCUT2D eigenvalue weighted by molar-refractivity contribution is 7.10. The van der Waals surface area contributed by atoms with E-state index in [0.717, 1.165) is 16.0 Å². The molecule has 0 aliphatic carbocycles. The zero-order chi connectivity index (χ0) is 18.5. The molecule has 0 fully saturated rings. The molecule has 0 spiro atoms. The van der Waals surface area contributed by atoms with Crippen molar-refractivity contribution in [1.29, 1.82) is 0 Å². The molecule has 2 aromatic carbocycles. The van der Waals surface area contributed by atoms with Gasteiger partial charge in [0.05, 0.1) is 6.04 Å². The number of amides is 1. The Balaban J connectivity index is 1.85. The number of carbonyl (C=O) groups excluding carboxylic acids is 1. The van der Waals surface area contributed by atoms with Gasteiger partial charge in [-0.15, -0.1) is 11.3 Å². The van der Waals surface area contributed by atoms with Gasteiger partial charge in [-0.1, -0.05) is 42.0 Å². The molecule has 0 unspecified atom stereocenters. The highest BCUT2D eigenvalue weighted by atomic mass is 32.1. The van der Waals surface area contributed by atoms with Gasteiger partial charge in [0.25, 0.3) is 5.91 Å². The van der Waals surface area contributed by atoms with E-state index in [1.807, 2.05) is 48.7 Å². The van der Waals surface area contributed by atoms with Gasteiger partial charge in [-0.25, -0.2) is 0 Å². The molecular weight excluding hydrogens is 356 g/mol. The van der Waals surface area contributed by atoms with Gasteiger partial charge in [0.2, 0.25) is 0 Å². The first-order valence-corrected chi connectivity index (χ1v) is 8.86. The van der Waals surface area contributed by atoms with Gasteiger partial charge in [0.1, 0.15) is 5.75 Å². The quantitative estimate of drug-likeness (QED) is 0.647. The number of hydrogen-bond donors (Lipinski definition) is 1. The van der Waals surface area contributed by atoms with E-state index in [-0.39, 0.29) is 23.3 Å². The van der Waals surface area contributed by atoms with Crippen LogP contribution in [-0.2, 0) is 0 Å². The van der Waals surface area contributed by atoms with Crippen LogP contribution in [0.3, 0.4) is 0 Å². The number of aryl methyl sites for hydroxylation is 1. The number of nitrogens with one attached hydrogen (secondary N) is 1. The van der Waals surface area contributed by atoms with Crippen LogP contribution in [0.4, 0.5) is 8.78 Å². The molecule has 1 N–H and O–H groups in total. The number of ether oxygens (including phenoxy) is 1. The average molecular weight is 373 g/mol. The first kappa shape index (κ1) is 18.1. The van der Waals surface area contributed by atoms with E-state index < -0.39 is 6.61 Å². The summed E-state index contributed by atoms with van der Waals surface area (Å²) in [5, 5.41) is 4.92. The molecule has 3 rings (SSSR count). The molecule has 3 aromatic rings. The van der Waals surface area contributed by atoms with E-state index in [4.69, 9.17) is 0 Å². The third-order valence-corrected chi connectivity index (χ3v) is 4.77. The Morgan fingerprint density at radius 3 is 2.50 bits per heavy atom. The lowest BCUT2D eigenvalue weighted by Crippen LogP contribution is -2.28. The van der Waals surface area contributed by atoms with Crippen LogP contribution in [0, 0.1) is 6.92 Å². The summed E-state index contributed by atoms with van der Waals surface area (Å²) >= 11 is 1.54. The summed E-state index contributed by atoms with van der Waals surface area (Å²) in [6, 6.07) is 17.2. The minimum atomic E-state index is -2.93. The standard InChI is InChI=1S/C20H17F2NO2S/c1-13-7-9-14(10-8-13)18(17-6-3-11-26-17)23-19(24)15-4-2-5-16(12-15)25-20(21)22/h2-12,18,20H,1H3,(H,23,24)/t18-/m1/s1. The fourth-order valence-electron chi connectivity index (χ4n) is 2.56. The zero-order valence-corrected chi connectivity index (χ0v) is 14.8. The number of alkyl halides is 2. The average Bonchev–Trinajstić information content (AvgIpc) is 3.14. The number of benzene rings is 2. The van der Waals surface area contributed by atoms with Gasteiger partial charge >= 0.3 is 6.61 Å². The summed E-state index contributed by atoms with van der Waals surface area (Å²) in [7, 11) is 0. The van der Waals surface area contributed by atoms with Crippen LogP contribution in [0.25, 0.3) is 0 Å². The van der Waals surface area contributed by atoms with Crippen LogP contribution in [-0.4, -0.2) is 12.5 Å². The van der Waals surface area contributed by atoms with E-state index in [0.29, 0.717) is 0 Å². The summed E-state index contributed by atoms with van der Waals surface area (Å²) in [6.45, 7) is -0.934. The first-order valence-electron chi connectivity index (χ1n) is 7.98. The summed E-state index contributed by atoms with van der Waals surface area (Å²) < 4.78 is 29.1. The van der Waals surface area contributed by atoms with E-state index in [1.54, 1.807) is 17.4 Å². The van der Waals surface area contributed by atoms with Crippen molar-refractivity contribution in [2.24, 2.45) is 0 Å². The molecular formula is C20H17F2NO2S. The number of thiophene rings is 1. The Kier molecular flexibility index (Phi) is 5.63. The van der Waals surface area contributed by atoms with Crippen molar-refractivity contribution < 1.29 is 18.3 Å². The van der Waals surface area contributed by atoms with Crippen molar-refractivity contribution in [2.45, 2.75) is 19.6 Å². The van der Waals surface area contributed by atoms with Crippen LogP contribution >= 0.6 is 11.3 Å². The second-order valence-electron chi connectivity index (χ2n) is 5.74. The Hall–Kier alpha value is -2.73. The molecule has 3 nitrogen and oxygen atoms in total. The van der Waals surface area contributed by atoms with E-state index >= 15 is 0 Å². The fourth-order valence-corrected chi connectivity index (χ4v) is 3.36. The van der Waals surface area contributed by atoms with Gasteiger partial charge in [-0.3, -0.25) is 4.79 Å². The molecule has 1 aromatic heterocycles. The minimum Gasteiger partial charge on any atom is -0.435 e. The maximum absolute atomic E-state index is 12.7. The predicted molar refractivity (Wildman–Crippen MR) is 97.9 cm³/mol. The SMILES string of the molecule is Cc1ccc([C@@H](NC(=O)c2cccc(OC(F)F)c2)c2cccs2)cc1. The third-order valence-electron chi connectivity index (χ3n) is 3.84. The molecule has 134 valence electrons. The molecule has 0 saturated carbocycles. The third kappa shape index (κ3) is 4.46. The molecule has 1 amide bonds. The zero-order valence-electron chi connectivity index (χ0n) is 14.0. The van der Waals surface area contributed by atoms with E-state index in [1.165, 1.54) is 18.2 Å². The topological polar surface area (TPSA) is 38.3 Å². The van der Waals surface area contributed by atoms with Crippen molar-refractivity contribution in [2.75, 3.05) is 0 Å². The second-order valence-corrected chi connectivity index (χ2v) is 6.72. The summed E-state index contributed by atoms with van der Waals surface area (Å²) in [6.07, 6.45) is 0. The summed E-state index contributed by atoms with van der Waals surface area (Å²) in [5.41, 5.74) is 2.34. The van der Waals surface area contributed by atoms with Crippen molar-refractivity contribution in [1.82, 2.24) is 5.32 Å². The highest BCUT2D eigenvalue weighted by Crippen LogP contribution is 2.27. The Labute approximate surface area is 154 Å². The lowest BCUT2D eigenvalue weighted by Gasteiger charge is -2.18. The van der Waals surface area contributed by atoms with Crippen molar-refractivity contribution in [3.8, 4) is 5.75 Å². The second kappa shape index (κ2) is 8.10. The van der Waals surface area contributed by atoms with Crippen molar-refractivity contribution in [3.63, 3.8) is 0 Å². The van der Waals surface area contributed by atoms with Crippen molar-refractivity contribution in [3.05, 3.63) is 87.6 Å². The maximum atomic E-state index is 12.7.